The van der Waals surface area contributed by atoms with E-state index in [0.717, 1.165) is 4.90 Å². The number of ether oxygens (including phenoxy) is 3. The molecule has 1 aliphatic heterocycles. The molecule has 0 N–H and O–H groups in total. The van der Waals surface area contributed by atoms with E-state index >= 15 is 0 Å². The van der Waals surface area contributed by atoms with Crippen molar-refractivity contribution in [1.82, 2.24) is 4.90 Å². The minimum atomic E-state index is -0.597. The third kappa shape index (κ3) is 6.18. The maximum atomic E-state index is 14.0. The molecule has 0 aliphatic carbocycles. The second-order valence-corrected chi connectivity index (χ2v) is 8.00. The van der Waals surface area contributed by atoms with E-state index in [1.54, 1.807) is 49.4 Å². The van der Waals surface area contributed by atoms with Gasteiger partial charge in [0, 0.05) is 30.9 Å². The topological polar surface area (TPSA) is 88.9 Å². The van der Waals surface area contributed by atoms with E-state index in [1.807, 2.05) is 19.9 Å². The SMILES string of the molecule is CCOCCCN1C(=O)C(C#N)=C(C)/C(=C\c2ccc(OCc3ccccc3F)c(OCC)c2)C1=O. The first-order valence-electron chi connectivity index (χ1n) is 11.8. The van der Waals surface area contributed by atoms with Gasteiger partial charge in [0.1, 0.15) is 24.1 Å². The van der Waals surface area contributed by atoms with Gasteiger partial charge in [0.2, 0.25) is 0 Å². The summed E-state index contributed by atoms with van der Waals surface area (Å²) in [6.07, 6.45) is 2.10. The maximum absolute atomic E-state index is 14.0. The number of carbonyl (C=O) groups is 2. The van der Waals surface area contributed by atoms with Crippen LogP contribution in [0, 0.1) is 17.1 Å². The molecule has 1 heterocycles. The van der Waals surface area contributed by atoms with Crippen LogP contribution in [0.1, 0.15) is 38.3 Å². The van der Waals surface area contributed by atoms with Crippen molar-refractivity contribution in [3.05, 3.63) is 76.1 Å². The van der Waals surface area contributed by atoms with Crippen molar-refractivity contribution in [2.45, 2.75) is 33.8 Å². The summed E-state index contributed by atoms with van der Waals surface area (Å²) in [5, 5.41) is 9.57. The number of rotatable bonds is 11. The van der Waals surface area contributed by atoms with Crippen LogP contribution in [-0.2, 0) is 20.9 Å². The number of hydrogen-bond donors (Lipinski definition) is 0. The smallest absolute Gasteiger partial charge is 0.271 e. The van der Waals surface area contributed by atoms with E-state index in [2.05, 4.69) is 0 Å². The molecule has 3 rings (SSSR count). The van der Waals surface area contributed by atoms with E-state index in [-0.39, 0.29) is 30.1 Å². The summed E-state index contributed by atoms with van der Waals surface area (Å²) in [5.74, 6) is -0.567. The predicted octanol–water partition coefficient (Wildman–Crippen LogP) is 4.82. The first kappa shape index (κ1) is 26.6. The van der Waals surface area contributed by atoms with Gasteiger partial charge in [0.25, 0.3) is 11.8 Å². The van der Waals surface area contributed by atoms with Crippen molar-refractivity contribution in [1.29, 1.82) is 5.26 Å². The van der Waals surface area contributed by atoms with Gasteiger partial charge in [0.15, 0.2) is 11.5 Å². The number of hydrogen-bond acceptors (Lipinski definition) is 6. The maximum Gasteiger partial charge on any atom is 0.271 e. The number of imide groups is 1. The summed E-state index contributed by atoms with van der Waals surface area (Å²) in [4.78, 5) is 27.0. The number of halogens is 1. The van der Waals surface area contributed by atoms with Crippen LogP contribution in [0.3, 0.4) is 0 Å². The Hall–Kier alpha value is -3.96. The Labute approximate surface area is 210 Å². The Balaban J connectivity index is 1.90. The molecule has 36 heavy (non-hydrogen) atoms. The summed E-state index contributed by atoms with van der Waals surface area (Å²) in [6.45, 7) is 6.78. The number of benzene rings is 2. The molecule has 0 aromatic heterocycles. The Morgan fingerprint density at radius 1 is 1.03 bits per heavy atom. The molecule has 7 nitrogen and oxygen atoms in total. The first-order chi connectivity index (χ1) is 17.4. The Bertz CT molecular complexity index is 1230. The highest BCUT2D eigenvalue weighted by atomic mass is 19.1. The van der Waals surface area contributed by atoms with Crippen LogP contribution in [0.4, 0.5) is 4.39 Å². The van der Waals surface area contributed by atoms with Crippen LogP contribution >= 0.6 is 0 Å². The summed E-state index contributed by atoms with van der Waals surface area (Å²) in [7, 11) is 0. The molecule has 0 saturated carbocycles. The molecule has 0 bridgehead atoms. The average molecular weight is 493 g/mol. The quantitative estimate of drug-likeness (QED) is 0.254. The molecule has 0 unspecified atom stereocenters. The standard InChI is InChI=1S/C28H29FN2O5/c1-4-34-14-8-13-31-27(32)22(19(3)23(17-30)28(31)33)15-20-11-12-25(26(16-20)35-5-2)36-18-21-9-6-7-10-24(21)29/h6-7,9-12,15-16H,4-5,8,13-14,18H2,1-3H3/b22-15+. The van der Waals surface area contributed by atoms with Gasteiger partial charge in [-0.3, -0.25) is 14.5 Å². The van der Waals surface area contributed by atoms with E-state index in [4.69, 9.17) is 14.2 Å². The summed E-state index contributed by atoms with van der Waals surface area (Å²) >= 11 is 0. The van der Waals surface area contributed by atoms with Gasteiger partial charge in [-0.25, -0.2) is 4.39 Å². The molecule has 2 aromatic carbocycles. The van der Waals surface area contributed by atoms with Crippen LogP contribution in [0.2, 0.25) is 0 Å². The zero-order valence-electron chi connectivity index (χ0n) is 20.7. The lowest BCUT2D eigenvalue weighted by Gasteiger charge is -2.27. The van der Waals surface area contributed by atoms with E-state index < -0.39 is 11.8 Å². The normalized spacial score (nSPS) is 14.9. The Kier molecular flexibility index (Phi) is 9.37. The van der Waals surface area contributed by atoms with Gasteiger partial charge in [-0.2, -0.15) is 5.26 Å². The summed E-state index contributed by atoms with van der Waals surface area (Å²) in [6, 6.07) is 13.4. The molecular weight excluding hydrogens is 463 g/mol. The van der Waals surface area contributed by atoms with Crippen LogP contribution in [0.5, 0.6) is 11.5 Å². The number of nitriles is 1. The second kappa shape index (κ2) is 12.7. The highest BCUT2D eigenvalue weighted by Crippen LogP contribution is 2.32. The zero-order chi connectivity index (χ0) is 26.1. The Morgan fingerprint density at radius 3 is 2.50 bits per heavy atom. The first-order valence-corrected chi connectivity index (χ1v) is 11.8. The van der Waals surface area contributed by atoms with Crippen molar-refractivity contribution in [2.24, 2.45) is 0 Å². The lowest BCUT2D eigenvalue weighted by atomic mass is 9.93. The van der Waals surface area contributed by atoms with Crippen LogP contribution < -0.4 is 9.47 Å². The van der Waals surface area contributed by atoms with Gasteiger partial charge in [-0.1, -0.05) is 24.3 Å². The van der Waals surface area contributed by atoms with Crippen LogP contribution in [0.15, 0.2) is 59.2 Å². The molecule has 0 atom stereocenters. The van der Waals surface area contributed by atoms with E-state index in [9.17, 15) is 19.2 Å². The molecule has 2 aromatic rings. The van der Waals surface area contributed by atoms with Crippen molar-refractivity contribution in [3.63, 3.8) is 0 Å². The lowest BCUT2D eigenvalue weighted by molar-refractivity contribution is -0.140. The molecule has 1 aliphatic rings. The van der Waals surface area contributed by atoms with E-state index in [1.165, 1.54) is 6.07 Å². The van der Waals surface area contributed by atoms with Gasteiger partial charge >= 0.3 is 0 Å². The molecular formula is C28H29FN2O5. The van der Waals surface area contributed by atoms with E-state index in [0.29, 0.717) is 54.4 Å². The van der Waals surface area contributed by atoms with Gasteiger partial charge < -0.3 is 14.2 Å². The van der Waals surface area contributed by atoms with Gasteiger partial charge in [0.05, 0.1) is 6.61 Å². The third-order valence-electron chi connectivity index (χ3n) is 5.62. The van der Waals surface area contributed by atoms with Gasteiger partial charge in [-0.05, 0) is 62.6 Å². The number of carbonyl (C=O) groups excluding carboxylic acids is 2. The van der Waals surface area contributed by atoms with Crippen molar-refractivity contribution >= 4 is 17.9 Å². The molecule has 0 saturated heterocycles. The van der Waals surface area contributed by atoms with Crippen LogP contribution in [0.25, 0.3) is 6.08 Å². The monoisotopic (exact) mass is 492 g/mol. The van der Waals surface area contributed by atoms with Gasteiger partial charge in [-0.15, -0.1) is 0 Å². The zero-order valence-corrected chi connectivity index (χ0v) is 20.7. The van der Waals surface area contributed by atoms with Crippen LogP contribution in [-0.4, -0.2) is 43.1 Å². The fourth-order valence-electron chi connectivity index (χ4n) is 3.74. The molecule has 188 valence electrons. The number of amides is 2. The van der Waals surface area contributed by atoms with Crippen molar-refractivity contribution in [2.75, 3.05) is 26.4 Å². The highest BCUT2D eigenvalue weighted by molar-refractivity contribution is 6.19. The average Bonchev–Trinajstić information content (AvgIpc) is 2.87. The molecule has 0 radical (unpaired) electrons. The molecule has 2 amide bonds. The highest BCUT2D eigenvalue weighted by Gasteiger charge is 2.35. The molecule has 0 spiro atoms. The Morgan fingerprint density at radius 2 is 1.81 bits per heavy atom. The molecule has 0 fully saturated rings. The fraction of sp³-hybridized carbons (Fsp3) is 0.321. The number of nitrogens with zero attached hydrogens (tertiary/aromatic N) is 2. The lowest BCUT2D eigenvalue weighted by Crippen LogP contribution is -2.43. The minimum Gasteiger partial charge on any atom is -0.490 e. The largest absolute Gasteiger partial charge is 0.490 e. The summed E-state index contributed by atoms with van der Waals surface area (Å²) < 4.78 is 30.8. The second-order valence-electron chi connectivity index (χ2n) is 8.00. The summed E-state index contributed by atoms with van der Waals surface area (Å²) in [5.41, 5.74) is 1.56. The van der Waals surface area contributed by atoms with Crippen molar-refractivity contribution in [3.8, 4) is 17.6 Å². The van der Waals surface area contributed by atoms with Crippen molar-refractivity contribution < 1.29 is 28.2 Å². The predicted molar refractivity (Wildman–Crippen MR) is 132 cm³/mol. The minimum absolute atomic E-state index is 0.0257. The fourth-order valence-corrected chi connectivity index (χ4v) is 3.74. The third-order valence-corrected chi connectivity index (χ3v) is 5.62. The molecule has 8 heteroatoms.